The highest BCUT2D eigenvalue weighted by Crippen LogP contribution is 2.30. The van der Waals surface area contributed by atoms with Gasteiger partial charge in [0.05, 0.1) is 24.9 Å². The van der Waals surface area contributed by atoms with Crippen molar-refractivity contribution < 1.29 is 27.5 Å². The Kier molecular flexibility index (Phi) is 12.3. The second-order valence-corrected chi connectivity index (χ2v) is 12.7. The Morgan fingerprint density at radius 1 is 1.00 bits per heavy atom. The van der Waals surface area contributed by atoms with E-state index >= 15 is 0 Å². The SMILES string of the molecule is CCC(C)C(NC(=O)OCc1ccccc1)C(C(C=O)c1ccccc1)S(=O)(=O)NCCCOc1ccc(-n2ccnc2)cc1. The largest absolute Gasteiger partial charge is 0.494 e. The number of hydrogen-bond acceptors (Lipinski definition) is 7. The molecule has 45 heavy (non-hydrogen) atoms. The number of aldehydes is 1. The summed E-state index contributed by atoms with van der Waals surface area (Å²) < 4.78 is 43.8. The monoisotopic (exact) mass is 632 g/mol. The van der Waals surface area contributed by atoms with E-state index < -0.39 is 33.3 Å². The number of carbonyl (C=O) groups is 2. The second kappa shape index (κ2) is 16.6. The molecule has 0 spiro atoms. The highest BCUT2D eigenvalue weighted by molar-refractivity contribution is 7.90. The van der Waals surface area contributed by atoms with Gasteiger partial charge in [0.1, 0.15) is 23.9 Å². The van der Waals surface area contributed by atoms with Crippen molar-refractivity contribution in [1.29, 1.82) is 0 Å². The maximum Gasteiger partial charge on any atom is 0.407 e. The van der Waals surface area contributed by atoms with Crippen LogP contribution in [0.2, 0.25) is 0 Å². The van der Waals surface area contributed by atoms with E-state index in [4.69, 9.17) is 9.47 Å². The lowest BCUT2D eigenvalue weighted by Gasteiger charge is -2.35. The molecule has 0 radical (unpaired) electrons. The van der Waals surface area contributed by atoms with E-state index in [0.717, 1.165) is 11.3 Å². The summed E-state index contributed by atoms with van der Waals surface area (Å²) in [5.41, 5.74) is 2.28. The second-order valence-electron chi connectivity index (χ2n) is 10.8. The van der Waals surface area contributed by atoms with Crippen LogP contribution >= 0.6 is 0 Å². The number of imidazole rings is 1. The first-order valence-corrected chi connectivity index (χ1v) is 16.5. The first-order chi connectivity index (χ1) is 21.8. The van der Waals surface area contributed by atoms with Crippen LogP contribution < -0.4 is 14.8 Å². The molecule has 3 aromatic carbocycles. The number of amides is 1. The van der Waals surface area contributed by atoms with Gasteiger partial charge in [-0.15, -0.1) is 0 Å². The van der Waals surface area contributed by atoms with Crippen LogP contribution in [0.3, 0.4) is 0 Å². The average molecular weight is 633 g/mol. The molecule has 11 heteroatoms. The molecule has 0 aliphatic carbocycles. The molecule has 0 aliphatic rings. The quantitative estimate of drug-likeness (QED) is 0.120. The van der Waals surface area contributed by atoms with Gasteiger partial charge in [0.15, 0.2) is 0 Å². The van der Waals surface area contributed by atoms with Gasteiger partial charge < -0.3 is 24.2 Å². The van der Waals surface area contributed by atoms with Crippen molar-refractivity contribution in [3.8, 4) is 11.4 Å². The van der Waals surface area contributed by atoms with Crippen LogP contribution in [0.4, 0.5) is 4.79 Å². The Morgan fingerprint density at radius 3 is 2.31 bits per heavy atom. The maximum atomic E-state index is 14.0. The fourth-order valence-corrected chi connectivity index (χ4v) is 6.98. The number of rotatable bonds is 17. The normalized spacial score (nSPS) is 14.1. The van der Waals surface area contributed by atoms with Crippen LogP contribution in [-0.2, 0) is 26.2 Å². The van der Waals surface area contributed by atoms with Crippen molar-refractivity contribution in [2.45, 2.75) is 50.5 Å². The van der Waals surface area contributed by atoms with E-state index in [1.807, 2.05) is 79.2 Å². The zero-order valence-corrected chi connectivity index (χ0v) is 26.3. The topological polar surface area (TPSA) is 129 Å². The number of sulfonamides is 1. The molecule has 10 nitrogen and oxygen atoms in total. The van der Waals surface area contributed by atoms with Crippen molar-refractivity contribution >= 4 is 22.4 Å². The first kappa shape index (κ1) is 33.4. The van der Waals surface area contributed by atoms with Crippen LogP contribution in [0.1, 0.15) is 43.7 Å². The summed E-state index contributed by atoms with van der Waals surface area (Å²) in [5.74, 6) is -0.683. The summed E-state index contributed by atoms with van der Waals surface area (Å²) in [5, 5.41) is 1.50. The molecular weight excluding hydrogens is 592 g/mol. The van der Waals surface area contributed by atoms with Gasteiger partial charge in [-0.1, -0.05) is 80.9 Å². The first-order valence-electron chi connectivity index (χ1n) is 15.0. The lowest BCUT2D eigenvalue weighted by Crippen LogP contribution is -2.56. The highest BCUT2D eigenvalue weighted by Gasteiger charge is 2.43. The minimum absolute atomic E-state index is 0.0254. The van der Waals surface area contributed by atoms with Crippen molar-refractivity contribution in [2.24, 2.45) is 5.92 Å². The van der Waals surface area contributed by atoms with E-state index in [0.29, 0.717) is 30.4 Å². The van der Waals surface area contributed by atoms with Crippen LogP contribution in [0.25, 0.3) is 5.69 Å². The fourth-order valence-electron chi connectivity index (χ4n) is 5.03. The number of benzene rings is 3. The molecule has 0 saturated heterocycles. The number of aromatic nitrogens is 2. The third-order valence-electron chi connectivity index (χ3n) is 7.68. The summed E-state index contributed by atoms with van der Waals surface area (Å²) in [6.07, 6.45) is 6.08. The van der Waals surface area contributed by atoms with Crippen molar-refractivity contribution in [3.05, 3.63) is 115 Å². The molecule has 4 aromatic rings. The molecule has 2 N–H and O–H groups in total. The third kappa shape index (κ3) is 9.50. The zero-order chi connectivity index (χ0) is 32.1. The molecule has 238 valence electrons. The Balaban J connectivity index is 1.45. The van der Waals surface area contributed by atoms with Crippen LogP contribution in [0.5, 0.6) is 5.75 Å². The Labute approximate surface area is 264 Å². The molecule has 1 aromatic heterocycles. The summed E-state index contributed by atoms with van der Waals surface area (Å²) in [7, 11) is -4.14. The molecule has 4 unspecified atom stereocenters. The molecular formula is C34H40N4O6S. The van der Waals surface area contributed by atoms with Gasteiger partial charge >= 0.3 is 6.09 Å². The smallest absolute Gasteiger partial charge is 0.407 e. The van der Waals surface area contributed by atoms with Crippen LogP contribution in [0.15, 0.2) is 104 Å². The summed E-state index contributed by atoms with van der Waals surface area (Å²) in [4.78, 5) is 29.6. The summed E-state index contributed by atoms with van der Waals surface area (Å²) in [6.45, 7) is 4.13. The fraction of sp³-hybridized carbons (Fsp3) is 0.324. The van der Waals surface area contributed by atoms with Crippen molar-refractivity contribution in [3.63, 3.8) is 0 Å². The number of ether oxygens (including phenoxy) is 2. The number of carbonyl (C=O) groups excluding carboxylic acids is 2. The lowest BCUT2D eigenvalue weighted by atomic mass is 9.86. The minimum atomic E-state index is -4.14. The third-order valence-corrected chi connectivity index (χ3v) is 9.59. The summed E-state index contributed by atoms with van der Waals surface area (Å²) in [6, 6.07) is 24.5. The van der Waals surface area contributed by atoms with E-state index in [1.54, 1.807) is 42.9 Å². The van der Waals surface area contributed by atoms with Gasteiger partial charge in [-0.2, -0.15) is 0 Å². The van der Waals surface area contributed by atoms with Crippen molar-refractivity contribution in [2.75, 3.05) is 13.2 Å². The van der Waals surface area contributed by atoms with Gasteiger partial charge in [0.25, 0.3) is 0 Å². The Hall–Kier alpha value is -4.48. The zero-order valence-electron chi connectivity index (χ0n) is 25.5. The standard InChI is InChI=1S/C34H40N4O6S/c1-3-26(2)32(37-34(40)44-24-27-11-6-4-7-12-27)33(31(23-39)28-13-8-5-9-14-28)45(41,42)36-19-10-22-43-30-17-15-29(16-18-30)38-21-20-35-25-38/h4-9,11-18,20-21,23,25-26,31-33,36H,3,10,19,22,24H2,1-2H3,(H,37,40). The van der Waals surface area contributed by atoms with E-state index in [9.17, 15) is 18.0 Å². The van der Waals surface area contributed by atoms with E-state index in [-0.39, 0.29) is 25.7 Å². The number of nitrogens with one attached hydrogen (secondary N) is 2. The molecule has 0 bridgehead atoms. The molecule has 0 aliphatic heterocycles. The van der Waals surface area contributed by atoms with Crippen molar-refractivity contribution in [1.82, 2.24) is 19.6 Å². The van der Waals surface area contributed by atoms with Gasteiger partial charge in [0, 0.05) is 24.6 Å². The van der Waals surface area contributed by atoms with Gasteiger partial charge in [-0.3, -0.25) is 0 Å². The average Bonchev–Trinajstić information content (AvgIpc) is 3.61. The predicted molar refractivity (Wildman–Crippen MR) is 173 cm³/mol. The lowest BCUT2D eigenvalue weighted by molar-refractivity contribution is -0.109. The molecule has 4 atom stereocenters. The van der Waals surface area contributed by atoms with E-state index in [1.165, 1.54) is 0 Å². The van der Waals surface area contributed by atoms with Gasteiger partial charge in [-0.05, 0) is 47.7 Å². The van der Waals surface area contributed by atoms with Gasteiger partial charge in [0.2, 0.25) is 10.0 Å². The number of nitrogens with zero attached hydrogens (tertiary/aromatic N) is 2. The molecule has 1 heterocycles. The Morgan fingerprint density at radius 2 is 1.69 bits per heavy atom. The number of alkyl carbamates (subject to hydrolysis) is 1. The number of hydrogen-bond donors (Lipinski definition) is 2. The molecule has 0 fully saturated rings. The van der Waals surface area contributed by atoms with Crippen LogP contribution in [-0.4, -0.2) is 54.8 Å². The maximum absolute atomic E-state index is 14.0. The summed E-state index contributed by atoms with van der Waals surface area (Å²) >= 11 is 0. The molecule has 1 amide bonds. The predicted octanol–water partition coefficient (Wildman–Crippen LogP) is 5.25. The highest BCUT2D eigenvalue weighted by atomic mass is 32.2. The minimum Gasteiger partial charge on any atom is -0.494 e. The molecule has 4 rings (SSSR count). The van der Waals surface area contributed by atoms with E-state index in [2.05, 4.69) is 15.0 Å². The molecule has 0 saturated carbocycles. The Bertz CT molecular complexity index is 1570. The van der Waals surface area contributed by atoms with Gasteiger partial charge in [-0.25, -0.2) is 22.9 Å². The van der Waals surface area contributed by atoms with Crippen LogP contribution in [0, 0.1) is 5.92 Å².